The van der Waals surface area contributed by atoms with Crippen LogP contribution in [0.2, 0.25) is 0 Å². The highest BCUT2D eigenvalue weighted by Crippen LogP contribution is 2.29. The van der Waals surface area contributed by atoms with E-state index in [1.54, 1.807) is 39.6 Å². The lowest BCUT2D eigenvalue weighted by Crippen LogP contribution is -2.20. The molecular formula is C24H17N7O. The second-order valence-corrected chi connectivity index (χ2v) is 7.50. The molecule has 32 heavy (non-hydrogen) atoms. The Kier molecular flexibility index (Phi) is 3.97. The van der Waals surface area contributed by atoms with E-state index >= 15 is 0 Å². The van der Waals surface area contributed by atoms with Gasteiger partial charge in [0.1, 0.15) is 12.7 Å². The second-order valence-electron chi connectivity index (χ2n) is 7.50. The van der Waals surface area contributed by atoms with Gasteiger partial charge in [0.25, 0.3) is 0 Å². The Morgan fingerprint density at radius 2 is 1.72 bits per heavy atom. The molecule has 0 saturated carbocycles. The summed E-state index contributed by atoms with van der Waals surface area (Å²) >= 11 is 0. The Balaban J connectivity index is 1.61. The summed E-state index contributed by atoms with van der Waals surface area (Å²) in [5.74, 6) is 0. The van der Waals surface area contributed by atoms with E-state index in [0.717, 1.165) is 44.4 Å². The molecule has 8 nitrogen and oxygen atoms in total. The van der Waals surface area contributed by atoms with Crippen molar-refractivity contribution >= 4 is 21.9 Å². The monoisotopic (exact) mass is 419 g/mol. The summed E-state index contributed by atoms with van der Waals surface area (Å²) in [7, 11) is 1.77. The molecule has 154 valence electrons. The van der Waals surface area contributed by atoms with Crippen LogP contribution in [0.5, 0.6) is 0 Å². The van der Waals surface area contributed by atoms with Gasteiger partial charge in [0, 0.05) is 30.4 Å². The minimum absolute atomic E-state index is 0.130. The van der Waals surface area contributed by atoms with Crippen molar-refractivity contribution in [2.24, 2.45) is 7.05 Å². The van der Waals surface area contributed by atoms with E-state index < -0.39 is 0 Å². The van der Waals surface area contributed by atoms with Crippen LogP contribution in [-0.2, 0) is 7.05 Å². The maximum atomic E-state index is 13.3. The molecule has 0 aliphatic heterocycles. The summed E-state index contributed by atoms with van der Waals surface area (Å²) in [6.07, 6.45) is 8.46. The van der Waals surface area contributed by atoms with Gasteiger partial charge in [-0.15, -0.1) is 0 Å². The van der Waals surface area contributed by atoms with Crippen molar-refractivity contribution in [1.29, 1.82) is 0 Å². The van der Waals surface area contributed by atoms with E-state index in [4.69, 9.17) is 0 Å². The highest BCUT2D eigenvalue weighted by atomic mass is 16.1. The molecule has 4 aromatic heterocycles. The number of nitrogens with zero attached hydrogens (tertiary/aromatic N) is 7. The number of pyridine rings is 2. The van der Waals surface area contributed by atoms with Crippen molar-refractivity contribution in [1.82, 2.24) is 33.9 Å². The van der Waals surface area contributed by atoms with Crippen LogP contribution < -0.4 is 5.69 Å². The maximum absolute atomic E-state index is 13.3. The van der Waals surface area contributed by atoms with Gasteiger partial charge in [0.2, 0.25) is 0 Å². The Morgan fingerprint density at radius 1 is 0.875 bits per heavy atom. The van der Waals surface area contributed by atoms with E-state index in [1.807, 2.05) is 54.7 Å². The molecule has 6 aromatic rings. The van der Waals surface area contributed by atoms with Gasteiger partial charge in [-0.3, -0.25) is 19.1 Å². The minimum Gasteiger partial charge on any atom is -0.293 e. The first-order chi connectivity index (χ1) is 15.7. The van der Waals surface area contributed by atoms with Crippen molar-refractivity contribution in [3.63, 3.8) is 0 Å². The Hall–Kier alpha value is -4.59. The van der Waals surface area contributed by atoms with Gasteiger partial charge in [-0.05, 0) is 48.0 Å². The topological polar surface area (TPSA) is 83.4 Å². The maximum Gasteiger partial charge on any atom is 0.333 e. The average molecular weight is 419 g/mol. The number of hydrogen-bond acceptors (Lipinski definition) is 5. The molecule has 0 amide bonds. The fraction of sp³-hybridized carbons (Fsp3) is 0.0417. The van der Waals surface area contributed by atoms with Crippen LogP contribution in [0.4, 0.5) is 0 Å². The van der Waals surface area contributed by atoms with Crippen LogP contribution in [0.3, 0.4) is 0 Å². The third-order valence-corrected chi connectivity index (χ3v) is 5.67. The lowest BCUT2D eigenvalue weighted by molar-refractivity contribution is 0.843. The molecule has 0 N–H and O–H groups in total. The zero-order valence-electron chi connectivity index (χ0n) is 17.1. The zero-order valence-corrected chi connectivity index (χ0v) is 17.1. The SMILES string of the molecule is Cn1c(=O)n(-c2ccc(-n3cncn3)cc2)c2c3cc(-c4cccnc4)ccc3ncc21. The number of imidazole rings is 1. The molecule has 2 aromatic carbocycles. The molecule has 0 atom stereocenters. The molecule has 0 fully saturated rings. The van der Waals surface area contributed by atoms with E-state index in [0.29, 0.717) is 0 Å². The standard InChI is InChI=1S/C24H17N7O/c1-29-22-13-27-21-9-4-16(17-3-2-10-25-12-17)11-20(21)23(22)31(24(29)32)19-7-5-18(6-8-19)30-15-26-14-28-30/h2-15H,1H3. The lowest BCUT2D eigenvalue weighted by atomic mass is 10.0. The summed E-state index contributed by atoms with van der Waals surface area (Å²) in [5.41, 5.74) is 5.94. The summed E-state index contributed by atoms with van der Waals surface area (Å²) in [6.45, 7) is 0. The van der Waals surface area contributed by atoms with Gasteiger partial charge < -0.3 is 0 Å². The van der Waals surface area contributed by atoms with Gasteiger partial charge in [0.15, 0.2) is 0 Å². The Labute approximate surface area is 182 Å². The molecule has 6 rings (SSSR count). The first-order valence-electron chi connectivity index (χ1n) is 10.1. The number of hydrogen-bond donors (Lipinski definition) is 0. The largest absolute Gasteiger partial charge is 0.333 e. The molecule has 0 aliphatic carbocycles. The lowest BCUT2D eigenvalue weighted by Gasteiger charge is -2.09. The number of fused-ring (bicyclic) bond motifs is 3. The van der Waals surface area contributed by atoms with Crippen molar-refractivity contribution in [2.45, 2.75) is 0 Å². The van der Waals surface area contributed by atoms with Crippen molar-refractivity contribution in [3.8, 4) is 22.5 Å². The van der Waals surface area contributed by atoms with Gasteiger partial charge in [0.05, 0.1) is 34.1 Å². The average Bonchev–Trinajstić information content (AvgIpc) is 3.47. The third-order valence-electron chi connectivity index (χ3n) is 5.67. The van der Waals surface area contributed by atoms with Crippen molar-refractivity contribution in [3.05, 3.63) is 96.3 Å². The number of aromatic nitrogens is 7. The van der Waals surface area contributed by atoms with Crippen molar-refractivity contribution in [2.75, 3.05) is 0 Å². The molecule has 0 bridgehead atoms. The minimum atomic E-state index is -0.130. The normalized spacial score (nSPS) is 11.4. The highest BCUT2D eigenvalue weighted by Gasteiger charge is 2.17. The summed E-state index contributed by atoms with van der Waals surface area (Å²) in [4.78, 5) is 26.1. The number of aryl methyl sites for hydroxylation is 1. The predicted octanol–water partition coefficient (Wildman–Crippen LogP) is 3.52. The van der Waals surface area contributed by atoms with Crippen molar-refractivity contribution < 1.29 is 0 Å². The molecule has 0 aliphatic rings. The summed E-state index contributed by atoms with van der Waals surface area (Å²) in [5, 5.41) is 5.06. The quantitative estimate of drug-likeness (QED) is 0.438. The molecule has 0 radical (unpaired) electrons. The second kappa shape index (κ2) is 6.98. The molecule has 0 spiro atoms. The summed E-state index contributed by atoms with van der Waals surface area (Å²) < 4.78 is 5.04. The van der Waals surface area contributed by atoms with Crippen LogP contribution in [0.1, 0.15) is 0 Å². The fourth-order valence-corrected chi connectivity index (χ4v) is 4.05. The van der Waals surface area contributed by atoms with Gasteiger partial charge >= 0.3 is 5.69 Å². The molecule has 4 heterocycles. The van der Waals surface area contributed by atoms with Gasteiger partial charge in [-0.1, -0.05) is 12.1 Å². The fourth-order valence-electron chi connectivity index (χ4n) is 4.05. The van der Waals surface area contributed by atoms with E-state index in [-0.39, 0.29) is 5.69 Å². The van der Waals surface area contributed by atoms with E-state index in [1.165, 1.54) is 6.33 Å². The molecule has 0 saturated heterocycles. The van der Waals surface area contributed by atoms with Crippen LogP contribution in [0, 0.1) is 0 Å². The number of rotatable bonds is 3. The van der Waals surface area contributed by atoms with Crippen LogP contribution >= 0.6 is 0 Å². The van der Waals surface area contributed by atoms with Gasteiger partial charge in [-0.25, -0.2) is 14.5 Å². The first kappa shape index (κ1) is 18.2. The molecular weight excluding hydrogens is 402 g/mol. The summed E-state index contributed by atoms with van der Waals surface area (Å²) in [6, 6.07) is 17.7. The zero-order chi connectivity index (χ0) is 21.7. The first-order valence-corrected chi connectivity index (χ1v) is 10.1. The molecule has 0 unspecified atom stereocenters. The highest BCUT2D eigenvalue weighted by molar-refractivity contribution is 6.04. The Bertz CT molecular complexity index is 1630. The van der Waals surface area contributed by atoms with Crippen LogP contribution in [-0.4, -0.2) is 33.9 Å². The van der Waals surface area contributed by atoms with Crippen LogP contribution in [0.25, 0.3) is 44.4 Å². The van der Waals surface area contributed by atoms with Gasteiger partial charge in [-0.2, -0.15) is 5.10 Å². The smallest absolute Gasteiger partial charge is 0.293 e. The predicted molar refractivity (Wildman–Crippen MR) is 122 cm³/mol. The van der Waals surface area contributed by atoms with Crippen LogP contribution in [0.15, 0.2) is 90.6 Å². The molecule has 8 heteroatoms. The third kappa shape index (κ3) is 2.73. The van der Waals surface area contributed by atoms with E-state index in [2.05, 4.69) is 26.1 Å². The van der Waals surface area contributed by atoms with E-state index in [9.17, 15) is 4.79 Å². The Morgan fingerprint density at radius 3 is 2.47 bits per heavy atom. The number of benzene rings is 2.